The second-order valence-corrected chi connectivity index (χ2v) is 8.56. The van der Waals surface area contributed by atoms with E-state index < -0.39 is 39.4 Å². The molecule has 0 spiro atoms. The number of nitro groups is 1. The molecule has 156 valence electrons. The van der Waals surface area contributed by atoms with Crippen molar-refractivity contribution in [1.29, 1.82) is 0 Å². The molecule has 1 aliphatic heterocycles. The molecule has 8 heteroatoms. The second-order valence-electron chi connectivity index (χ2n) is 8.12. The number of esters is 1. The van der Waals surface area contributed by atoms with Crippen LogP contribution in [0.1, 0.15) is 49.2 Å². The van der Waals surface area contributed by atoms with E-state index in [2.05, 4.69) is 0 Å². The molecule has 2 unspecified atom stereocenters. The van der Waals surface area contributed by atoms with Gasteiger partial charge < -0.3 is 4.74 Å². The van der Waals surface area contributed by atoms with Gasteiger partial charge in [-0.05, 0) is 50.6 Å². The molecule has 2 aromatic carbocycles. The zero-order valence-electron chi connectivity index (χ0n) is 16.7. The average molecular weight is 430 g/mol. The van der Waals surface area contributed by atoms with Gasteiger partial charge in [0.1, 0.15) is 11.5 Å². The Morgan fingerprint density at radius 1 is 1.07 bits per heavy atom. The van der Waals surface area contributed by atoms with Crippen molar-refractivity contribution in [1.82, 2.24) is 0 Å². The summed E-state index contributed by atoms with van der Waals surface area (Å²) in [4.78, 5) is 49.2. The van der Waals surface area contributed by atoms with Gasteiger partial charge in [-0.25, -0.2) is 0 Å². The predicted molar refractivity (Wildman–Crippen MR) is 109 cm³/mol. The van der Waals surface area contributed by atoms with Gasteiger partial charge in [0.25, 0.3) is 5.69 Å². The third-order valence-electron chi connectivity index (χ3n) is 5.50. The van der Waals surface area contributed by atoms with E-state index in [4.69, 9.17) is 16.3 Å². The number of benzene rings is 2. The molecule has 3 rings (SSSR count). The van der Waals surface area contributed by atoms with Crippen LogP contribution in [0.5, 0.6) is 0 Å². The summed E-state index contributed by atoms with van der Waals surface area (Å²) in [7, 11) is 0. The molecule has 0 N–H and O–H groups in total. The monoisotopic (exact) mass is 429 g/mol. The molecule has 1 saturated heterocycles. The summed E-state index contributed by atoms with van der Waals surface area (Å²) in [6.07, 6.45) is -1.20. The molecule has 2 aromatic rings. The molecule has 0 bridgehead atoms. The maximum absolute atomic E-state index is 13.4. The minimum absolute atomic E-state index is 0.155. The Bertz CT molecular complexity index is 1030. The lowest BCUT2D eigenvalue weighted by Crippen LogP contribution is -2.54. The van der Waals surface area contributed by atoms with Crippen LogP contribution < -0.4 is 0 Å². The fourth-order valence-corrected chi connectivity index (χ4v) is 3.90. The first-order chi connectivity index (χ1) is 14.0. The summed E-state index contributed by atoms with van der Waals surface area (Å²) < 4.78 is 5.66. The van der Waals surface area contributed by atoms with Crippen molar-refractivity contribution in [2.75, 3.05) is 0 Å². The molecule has 0 aromatic heterocycles. The van der Waals surface area contributed by atoms with E-state index in [0.717, 1.165) is 0 Å². The molecule has 30 heavy (non-hydrogen) atoms. The third kappa shape index (κ3) is 3.73. The SMILES string of the molecule is CC1(CC(=O)c2ccc([N+](=O)[O-])cc2)C(=O)OC(c2ccc(Cl)cc2)C(C)(C)C1=O. The van der Waals surface area contributed by atoms with Gasteiger partial charge in [0.15, 0.2) is 11.6 Å². The number of hydrogen-bond acceptors (Lipinski definition) is 6. The number of Topliss-reactive ketones (excluding diaryl/α,β-unsaturated/α-hetero) is 2. The minimum Gasteiger partial charge on any atom is -0.456 e. The molecule has 0 amide bonds. The molecule has 1 aliphatic rings. The van der Waals surface area contributed by atoms with Crippen LogP contribution in [-0.2, 0) is 14.3 Å². The van der Waals surface area contributed by atoms with Crippen LogP contribution in [0.4, 0.5) is 5.69 Å². The van der Waals surface area contributed by atoms with E-state index in [1.54, 1.807) is 38.1 Å². The summed E-state index contributed by atoms with van der Waals surface area (Å²) in [6, 6.07) is 11.7. The smallest absolute Gasteiger partial charge is 0.320 e. The number of rotatable bonds is 5. The minimum atomic E-state index is -1.66. The van der Waals surface area contributed by atoms with Gasteiger partial charge in [-0.2, -0.15) is 0 Å². The van der Waals surface area contributed by atoms with Crippen LogP contribution in [0.3, 0.4) is 0 Å². The standard InChI is InChI=1S/C22H20ClNO6/c1-21(2)18(14-4-8-15(23)9-5-14)30-20(27)22(3,19(21)26)12-17(25)13-6-10-16(11-7-13)24(28)29/h4-11,18H,12H2,1-3H3. The number of cyclic esters (lactones) is 1. The molecule has 0 saturated carbocycles. The summed E-state index contributed by atoms with van der Waals surface area (Å²) in [6.45, 7) is 4.76. The van der Waals surface area contributed by atoms with Crippen LogP contribution >= 0.6 is 11.6 Å². The molecule has 7 nitrogen and oxygen atoms in total. The van der Waals surface area contributed by atoms with Gasteiger partial charge in [0.2, 0.25) is 0 Å². The Hall–Kier alpha value is -3.06. The van der Waals surface area contributed by atoms with E-state index in [0.29, 0.717) is 10.6 Å². The van der Waals surface area contributed by atoms with Crippen molar-refractivity contribution in [3.05, 3.63) is 74.8 Å². The first kappa shape index (κ1) is 21.6. The molecule has 1 fully saturated rings. The van der Waals surface area contributed by atoms with Crippen molar-refractivity contribution >= 4 is 34.8 Å². The quantitative estimate of drug-likeness (QED) is 0.224. The third-order valence-corrected chi connectivity index (χ3v) is 5.76. The maximum Gasteiger partial charge on any atom is 0.320 e. The number of carbonyl (C=O) groups is 3. The van der Waals surface area contributed by atoms with E-state index in [-0.39, 0.29) is 17.7 Å². The number of ketones is 2. The summed E-state index contributed by atoms with van der Waals surface area (Å²) in [5.41, 5.74) is -2.08. The fourth-order valence-electron chi connectivity index (χ4n) is 3.77. The topological polar surface area (TPSA) is 104 Å². The number of non-ortho nitro benzene ring substituents is 1. The number of ether oxygens (including phenoxy) is 1. The van der Waals surface area contributed by atoms with Crippen molar-refractivity contribution in [3.8, 4) is 0 Å². The number of halogens is 1. The van der Waals surface area contributed by atoms with Crippen molar-refractivity contribution in [2.45, 2.75) is 33.3 Å². The Morgan fingerprint density at radius 2 is 1.63 bits per heavy atom. The van der Waals surface area contributed by atoms with Gasteiger partial charge in [-0.1, -0.05) is 23.7 Å². The number of carbonyl (C=O) groups excluding carboxylic acids is 3. The van der Waals surface area contributed by atoms with E-state index in [1.807, 2.05) is 0 Å². The molecular formula is C22H20ClNO6. The second kappa shape index (κ2) is 7.65. The first-order valence-electron chi connectivity index (χ1n) is 9.26. The Balaban J connectivity index is 1.87. The lowest BCUT2D eigenvalue weighted by molar-refractivity contribution is -0.384. The van der Waals surface area contributed by atoms with Crippen LogP contribution in [0.25, 0.3) is 0 Å². The molecule has 0 aliphatic carbocycles. The number of nitro benzene ring substituents is 1. The highest BCUT2D eigenvalue weighted by atomic mass is 35.5. The van der Waals surface area contributed by atoms with E-state index in [9.17, 15) is 24.5 Å². The van der Waals surface area contributed by atoms with E-state index in [1.165, 1.54) is 31.2 Å². The van der Waals surface area contributed by atoms with Crippen LogP contribution in [0, 0.1) is 20.9 Å². The lowest BCUT2D eigenvalue weighted by atomic mass is 9.64. The Morgan fingerprint density at radius 3 is 2.17 bits per heavy atom. The van der Waals surface area contributed by atoms with Crippen molar-refractivity contribution < 1.29 is 24.0 Å². The fraction of sp³-hybridized carbons (Fsp3) is 0.318. The maximum atomic E-state index is 13.4. The van der Waals surface area contributed by atoms with Gasteiger partial charge in [-0.15, -0.1) is 0 Å². The highest BCUT2D eigenvalue weighted by Crippen LogP contribution is 2.49. The molecule has 2 atom stereocenters. The first-order valence-corrected chi connectivity index (χ1v) is 9.64. The lowest BCUT2D eigenvalue weighted by Gasteiger charge is -2.44. The summed E-state index contributed by atoms with van der Waals surface area (Å²) >= 11 is 5.92. The van der Waals surface area contributed by atoms with E-state index >= 15 is 0 Å². The summed E-state index contributed by atoms with van der Waals surface area (Å²) in [5, 5.41) is 11.3. The summed E-state index contributed by atoms with van der Waals surface area (Å²) in [5.74, 6) is -1.65. The average Bonchev–Trinajstić information content (AvgIpc) is 2.70. The highest BCUT2D eigenvalue weighted by Gasteiger charge is 2.58. The normalized spacial score (nSPS) is 23.0. The highest BCUT2D eigenvalue weighted by molar-refractivity contribution is 6.30. The molecule has 0 radical (unpaired) electrons. The van der Waals surface area contributed by atoms with Gasteiger partial charge in [-0.3, -0.25) is 24.5 Å². The predicted octanol–water partition coefficient (Wildman–Crippen LogP) is 4.72. The largest absolute Gasteiger partial charge is 0.456 e. The van der Waals surface area contributed by atoms with Crippen molar-refractivity contribution in [2.24, 2.45) is 10.8 Å². The van der Waals surface area contributed by atoms with Gasteiger partial charge in [0, 0.05) is 29.1 Å². The molecule has 1 heterocycles. The van der Waals surface area contributed by atoms with Gasteiger partial charge >= 0.3 is 5.97 Å². The number of nitrogens with zero attached hydrogens (tertiary/aromatic N) is 1. The molecular weight excluding hydrogens is 410 g/mol. The van der Waals surface area contributed by atoms with Gasteiger partial charge in [0.05, 0.1) is 10.3 Å². The zero-order chi connectivity index (χ0) is 22.3. The van der Waals surface area contributed by atoms with Crippen LogP contribution in [-0.4, -0.2) is 22.5 Å². The zero-order valence-corrected chi connectivity index (χ0v) is 17.4. The Labute approximate surface area is 178 Å². The number of hydrogen-bond donors (Lipinski definition) is 0. The van der Waals surface area contributed by atoms with Crippen LogP contribution in [0.15, 0.2) is 48.5 Å². The van der Waals surface area contributed by atoms with Crippen molar-refractivity contribution in [3.63, 3.8) is 0 Å². The van der Waals surface area contributed by atoms with Crippen LogP contribution in [0.2, 0.25) is 5.02 Å². The Kier molecular flexibility index (Phi) is 5.52.